The maximum absolute atomic E-state index is 11.3. The van der Waals surface area contributed by atoms with Gasteiger partial charge in [0.15, 0.2) is 0 Å². The van der Waals surface area contributed by atoms with Gasteiger partial charge in [0.25, 0.3) is 0 Å². The quantitative estimate of drug-likeness (QED) is 0.698. The second kappa shape index (κ2) is 7.51. The first-order chi connectivity index (χ1) is 6.11. The molecule has 0 aliphatic heterocycles. The van der Waals surface area contributed by atoms with Gasteiger partial charge in [-0.1, -0.05) is 13.8 Å². The van der Waals surface area contributed by atoms with Crippen molar-refractivity contribution in [1.82, 2.24) is 5.32 Å². The van der Waals surface area contributed by atoms with Crippen LogP contribution in [0.2, 0.25) is 0 Å². The number of rotatable bonds is 6. The van der Waals surface area contributed by atoms with Gasteiger partial charge in [-0.2, -0.15) is 11.8 Å². The molecular formula is C9H18ClNOS. The number of hydrogen-bond donors (Lipinski definition) is 1. The fourth-order valence-electron chi connectivity index (χ4n) is 0.863. The van der Waals surface area contributed by atoms with E-state index in [0.717, 1.165) is 12.3 Å². The summed E-state index contributed by atoms with van der Waals surface area (Å²) in [5.74, 6) is 1.98. The zero-order chi connectivity index (χ0) is 10.3. The van der Waals surface area contributed by atoms with Gasteiger partial charge in [-0.25, -0.2) is 0 Å². The first kappa shape index (κ1) is 13.1. The molecule has 0 aliphatic carbocycles. The molecule has 1 N–H and O–H groups in total. The van der Waals surface area contributed by atoms with Crippen LogP contribution >= 0.6 is 23.4 Å². The van der Waals surface area contributed by atoms with E-state index in [-0.39, 0.29) is 11.8 Å². The molecule has 78 valence electrons. The van der Waals surface area contributed by atoms with Gasteiger partial charge >= 0.3 is 0 Å². The molecule has 0 spiro atoms. The molecule has 0 rings (SSSR count). The molecule has 0 saturated carbocycles. The van der Waals surface area contributed by atoms with Gasteiger partial charge in [0.2, 0.25) is 5.91 Å². The van der Waals surface area contributed by atoms with Crippen molar-refractivity contribution >= 4 is 29.3 Å². The maximum Gasteiger partial charge on any atom is 0.224 e. The van der Waals surface area contributed by atoms with Crippen molar-refractivity contribution in [2.45, 2.75) is 13.8 Å². The summed E-state index contributed by atoms with van der Waals surface area (Å²) in [6.07, 6.45) is 2.07. The second-order valence-electron chi connectivity index (χ2n) is 3.36. The van der Waals surface area contributed by atoms with Crippen LogP contribution in [0.4, 0.5) is 0 Å². The highest BCUT2D eigenvalue weighted by atomic mass is 35.5. The van der Waals surface area contributed by atoms with Gasteiger partial charge in [0.1, 0.15) is 0 Å². The van der Waals surface area contributed by atoms with Crippen molar-refractivity contribution in [1.29, 1.82) is 0 Å². The lowest BCUT2D eigenvalue weighted by Crippen LogP contribution is -2.33. The Balaban J connectivity index is 3.57. The molecule has 0 aromatic carbocycles. The maximum atomic E-state index is 11.3. The van der Waals surface area contributed by atoms with E-state index in [1.54, 1.807) is 11.8 Å². The summed E-state index contributed by atoms with van der Waals surface area (Å²) in [5.41, 5.74) is 0. The highest BCUT2D eigenvalue weighted by Crippen LogP contribution is 2.03. The Bertz CT molecular complexity index is 155. The average molecular weight is 224 g/mol. The normalized spacial score (nSPS) is 15.1. The van der Waals surface area contributed by atoms with E-state index in [4.69, 9.17) is 11.6 Å². The summed E-state index contributed by atoms with van der Waals surface area (Å²) in [7, 11) is 0. The Hall–Kier alpha value is 0.110. The highest BCUT2D eigenvalue weighted by Gasteiger charge is 2.11. The number of carbonyl (C=O) groups excluding carboxylic acids is 1. The van der Waals surface area contributed by atoms with Gasteiger partial charge in [-0.3, -0.25) is 4.79 Å². The van der Waals surface area contributed by atoms with Gasteiger partial charge in [-0.05, 0) is 17.9 Å². The first-order valence-electron chi connectivity index (χ1n) is 4.44. The molecule has 0 aromatic heterocycles. The standard InChI is InChI=1S/C9H18ClNOS/c1-7(6-13-3)5-11-9(12)8(2)4-10/h7-8H,4-6H2,1-3H3,(H,11,12). The third-order valence-electron chi connectivity index (χ3n) is 1.75. The highest BCUT2D eigenvalue weighted by molar-refractivity contribution is 7.98. The molecule has 0 heterocycles. The van der Waals surface area contributed by atoms with Crippen molar-refractivity contribution in [3.05, 3.63) is 0 Å². The summed E-state index contributed by atoms with van der Waals surface area (Å²) in [5, 5.41) is 2.88. The number of nitrogens with one attached hydrogen (secondary N) is 1. The number of alkyl halides is 1. The van der Waals surface area contributed by atoms with Gasteiger partial charge in [0, 0.05) is 18.3 Å². The number of hydrogen-bond acceptors (Lipinski definition) is 2. The Morgan fingerprint density at radius 2 is 2.15 bits per heavy atom. The molecule has 0 radical (unpaired) electrons. The van der Waals surface area contributed by atoms with Crippen LogP contribution in [-0.4, -0.2) is 30.3 Å². The molecule has 13 heavy (non-hydrogen) atoms. The summed E-state index contributed by atoms with van der Waals surface area (Å²) >= 11 is 7.36. The minimum atomic E-state index is -0.0804. The molecule has 0 aliphatic rings. The van der Waals surface area contributed by atoms with E-state index in [1.807, 2.05) is 6.92 Å². The monoisotopic (exact) mass is 223 g/mol. The van der Waals surface area contributed by atoms with Crippen LogP contribution in [0.3, 0.4) is 0 Å². The lowest BCUT2D eigenvalue weighted by molar-refractivity contribution is -0.124. The molecule has 2 unspecified atom stereocenters. The Morgan fingerprint density at radius 1 is 1.54 bits per heavy atom. The lowest BCUT2D eigenvalue weighted by atomic mass is 10.2. The van der Waals surface area contributed by atoms with Crippen molar-refractivity contribution in [3.8, 4) is 0 Å². The molecule has 2 atom stereocenters. The Kier molecular flexibility index (Phi) is 7.57. The number of amides is 1. The van der Waals surface area contributed by atoms with Gasteiger partial charge < -0.3 is 5.32 Å². The van der Waals surface area contributed by atoms with Crippen LogP contribution in [0.1, 0.15) is 13.8 Å². The Morgan fingerprint density at radius 3 is 2.62 bits per heavy atom. The molecule has 2 nitrogen and oxygen atoms in total. The zero-order valence-corrected chi connectivity index (χ0v) is 10.0. The van der Waals surface area contributed by atoms with E-state index in [1.165, 1.54) is 0 Å². The molecular weight excluding hydrogens is 206 g/mol. The van der Waals surface area contributed by atoms with E-state index < -0.39 is 0 Å². The van der Waals surface area contributed by atoms with Crippen molar-refractivity contribution in [2.75, 3.05) is 24.4 Å². The SMILES string of the molecule is CSCC(C)CNC(=O)C(C)CCl. The molecule has 0 aromatic rings. The minimum Gasteiger partial charge on any atom is -0.356 e. The van der Waals surface area contributed by atoms with Crippen molar-refractivity contribution < 1.29 is 4.79 Å². The van der Waals surface area contributed by atoms with Crippen molar-refractivity contribution in [2.24, 2.45) is 11.8 Å². The van der Waals surface area contributed by atoms with Crippen molar-refractivity contribution in [3.63, 3.8) is 0 Å². The molecule has 4 heteroatoms. The molecule has 0 fully saturated rings. The largest absolute Gasteiger partial charge is 0.356 e. The van der Waals surface area contributed by atoms with Gasteiger partial charge in [-0.15, -0.1) is 11.6 Å². The van der Waals surface area contributed by atoms with Crippen LogP contribution in [0.5, 0.6) is 0 Å². The fraction of sp³-hybridized carbons (Fsp3) is 0.889. The van der Waals surface area contributed by atoms with E-state index in [2.05, 4.69) is 18.5 Å². The predicted octanol–water partition coefficient (Wildman–Crippen LogP) is 1.98. The summed E-state index contributed by atoms with van der Waals surface area (Å²) in [4.78, 5) is 11.3. The topological polar surface area (TPSA) is 29.1 Å². The lowest BCUT2D eigenvalue weighted by Gasteiger charge is -2.13. The third-order valence-corrected chi connectivity index (χ3v) is 3.12. The third kappa shape index (κ3) is 6.22. The minimum absolute atomic E-state index is 0.0583. The summed E-state index contributed by atoms with van der Waals surface area (Å²) in [6, 6.07) is 0. The summed E-state index contributed by atoms with van der Waals surface area (Å²) < 4.78 is 0. The smallest absolute Gasteiger partial charge is 0.224 e. The first-order valence-corrected chi connectivity index (χ1v) is 6.37. The fourth-order valence-corrected chi connectivity index (χ4v) is 1.69. The van der Waals surface area contributed by atoms with Crippen LogP contribution in [0, 0.1) is 11.8 Å². The van der Waals surface area contributed by atoms with E-state index >= 15 is 0 Å². The van der Waals surface area contributed by atoms with Crippen LogP contribution in [0.15, 0.2) is 0 Å². The predicted molar refractivity (Wildman–Crippen MR) is 60.4 cm³/mol. The summed E-state index contributed by atoms with van der Waals surface area (Å²) in [6.45, 7) is 4.71. The van der Waals surface area contributed by atoms with E-state index in [0.29, 0.717) is 11.8 Å². The molecule has 0 saturated heterocycles. The molecule has 1 amide bonds. The Labute approximate surface area is 89.8 Å². The second-order valence-corrected chi connectivity index (χ2v) is 4.58. The van der Waals surface area contributed by atoms with E-state index in [9.17, 15) is 4.79 Å². The molecule has 0 bridgehead atoms. The van der Waals surface area contributed by atoms with Gasteiger partial charge in [0.05, 0.1) is 0 Å². The number of halogens is 1. The zero-order valence-electron chi connectivity index (χ0n) is 8.47. The number of thioether (sulfide) groups is 1. The average Bonchev–Trinajstić information content (AvgIpc) is 2.13. The van der Waals surface area contributed by atoms with Crippen LogP contribution < -0.4 is 5.32 Å². The van der Waals surface area contributed by atoms with Crippen LogP contribution in [-0.2, 0) is 4.79 Å². The number of carbonyl (C=O) groups is 1. The van der Waals surface area contributed by atoms with Crippen LogP contribution in [0.25, 0.3) is 0 Å².